The van der Waals surface area contributed by atoms with Gasteiger partial charge in [-0.2, -0.15) is 0 Å². The summed E-state index contributed by atoms with van der Waals surface area (Å²) >= 11 is 1.66. The Hall–Kier alpha value is -3.51. The topological polar surface area (TPSA) is 71.1 Å². The highest BCUT2D eigenvalue weighted by Gasteiger charge is 2.09. The molecule has 1 aromatic heterocycles. The quantitative estimate of drug-likeness (QED) is 0.435. The number of fused-ring (bicyclic) bond motifs is 1. The summed E-state index contributed by atoms with van der Waals surface area (Å²) in [6.07, 6.45) is 0.205. The molecule has 3 aromatic carbocycles. The van der Waals surface area contributed by atoms with E-state index in [1.54, 1.807) is 17.4 Å². The number of nitrogens with zero attached hydrogens (tertiary/aromatic N) is 1. The second-order valence-electron chi connectivity index (χ2n) is 7.49. The number of carbonyl (C=O) groups is 2. The van der Waals surface area contributed by atoms with Crippen LogP contribution in [0.15, 0.2) is 66.7 Å². The number of benzene rings is 3. The van der Waals surface area contributed by atoms with Gasteiger partial charge in [-0.05, 0) is 67.9 Å². The van der Waals surface area contributed by atoms with Gasteiger partial charge < -0.3 is 10.6 Å². The van der Waals surface area contributed by atoms with E-state index in [1.807, 2.05) is 55.5 Å². The van der Waals surface area contributed by atoms with E-state index in [0.717, 1.165) is 27.3 Å². The van der Waals surface area contributed by atoms with Gasteiger partial charge in [0.1, 0.15) is 5.01 Å². The van der Waals surface area contributed by atoms with Crippen molar-refractivity contribution in [3.05, 3.63) is 83.4 Å². The minimum Gasteiger partial charge on any atom is -0.352 e. The number of rotatable bonds is 6. The lowest BCUT2D eigenvalue weighted by molar-refractivity contribution is -0.116. The minimum atomic E-state index is -0.174. The van der Waals surface area contributed by atoms with Gasteiger partial charge in [-0.15, -0.1) is 11.3 Å². The number of hydrogen-bond acceptors (Lipinski definition) is 4. The monoisotopic (exact) mass is 429 g/mol. The van der Waals surface area contributed by atoms with Gasteiger partial charge in [-0.3, -0.25) is 9.59 Å². The van der Waals surface area contributed by atoms with Crippen LogP contribution in [0.25, 0.3) is 20.8 Å². The Morgan fingerprint density at radius 1 is 0.935 bits per heavy atom. The molecule has 0 atom stereocenters. The summed E-state index contributed by atoms with van der Waals surface area (Å²) in [5.74, 6) is -0.320. The molecule has 4 rings (SSSR count). The highest BCUT2D eigenvalue weighted by molar-refractivity contribution is 7.21. The normalized spacial score (nSPS) is 10.8. The van der Waals surface area contributed by atoms with Crippen molar-refractivity contribution in [2.45, 2.75) is 20.3 Å². The van der Waals surface area contributed by atoms with Gasteiger partial charge in [-0.25, -0.2) is 4.98 Å². The molecule has 0 saturated carbocycles. The summed E-state index contributed by atoms with van der Waals surface area (Å²) < 4.78 is 1.17. The summed E-state index contributed by atoms with van der Waals surface area (Å²) in [5, 5.41) is 6.61. The van der Waals surface area contributed by atoms with Crippen LogP contribution in [0.1, 0.15) is 27.9 Å². The average Bonchev–Trinajstić information content (AvgIpc) is 3.17. The smallest absolute Gasteiger partial charge is 0.251 e. The van der Waals surface area contributed by atoms with Crippen LogP contribution in [0.2, 0.25) is 0 Å². The number of anilines is 1. The van der Waals surface area contributed by atoms with Gasteiger partial charge in [0.2, 0.25) is 5.91 Å². The van der Waals surface area contributed by atoms with Gasteiger partial charge >= 0.3 is 0 Å². The molecule has 31 heavy (non-hydrogen) atoms. The van der Waals surface area contributed by atoms with E-state index in [-0.39, 0.29) is 24.8 Å². The zero-order valence-corrected chi connectivity index (χ0v) is 18.3. The second-order valence-corrected chi connectivity index (χ2v) is 8.52. The molecule has 0 unspecified atom stereocenters. The van der Waals surface area contributed by atoms with Crippen LogP contribution < -0.4 is 10.6 Å². The Bertz CT molecular complexity index is 1250. The highest BCUT2D eigenvalue weighted by Crippen LogP contribution is 2.31. The van der Waals surface area contributed by atoms with E-state index >= 15 is 0 Å². The number of aryl methyl sites for hydroxylation is 2. The lowest BCUT2D eigenvalue weighted by Gasteiger charge is -2.08. The molecule has 4 aromatic rings. The zero-order valence-electron chi connectivity index (χ0n) is 17.4. The van der Waals surface area contributed by atoms with Gasteiger partial charge in [0.25, 0.3) is 5.91 Å². The summed E-state index contributed by atoms with van der Waals surface area (Å²) in [4.78, 5) is 29.1. The molecule has 0 spiro atoms. The van der Waals surface area contributed by atoms with E-state index in [2.05, 4.69) is 29.7 Å². The number of aromatic nitrogens is 1. The molecule has 0 radical (unpaired) electrons. The molecule has 156 valence electrons. The molecular weight excluding hydrogens is 406 g/mol. The fraction of sp³-hybridized carbons (Fsp3) is 0.160. The van der Waals surface area contributed by atoms with E-state index < -0.39 is 0 Å². The molecular formula is C25H23N3O2S. The third kappa shape index (κ3) is 5.16. The van der Waals surface area contributed by atoms with Crippen molar-refractivity contribution in [3.63, 3.8) is 0 Å². The molecule has 5 nitrogen and oxygen atoms in total. The van der Waals surface area contributed by atoms with Gasteiger partial charge in [0.05, 0.1) is 10.2 Å². The molecule has 1 heterocycles. The van der Waals surface area contributed by atoms with Crippen LogP contribution in [0.3, 0.4) is 0 Å². The Balaban J connectivity index is 1.31. The lowest BCUT2D eigenvalue weighted by atomic mass is 10.1. The maximum atomic E-state index is 12.2. The molecule has 0 aliphatic carbocycles. The van der Waals surface area contributed by atoms with Gasteiger partial charge in [0, 0.05) is 29.8 Å². The molecule has 0 saturated heterocycles. The van der Waals surface area contributed by atoms with E-state index in [0.29, 0.717) is 5.56 Å². The first-order chi connectivity index (χ1) is 15.0. The first kappa shape index (κ1) is 20.8. The van der Waals surface area contributed by atoms with E-state index in [1.165, 1.54) is 10.3 Å². The van der Waals surface area contributed by atoms with Crippen molar-refractivity contribution in [3.8, 4) is 10.6 Å². The van der Waals surface area contributed by atoms with Crippen molar-refractivity contribution >= 4 is 39.1 Å². The van der Waals surface area contributed by atoms with Crippen molar-refractivity contribution in [1.82, 2.24) is 10.3 Å². The summed E-state index contributed by atoms with van der Waals surface area (Å²) in [6, 6.07) is 21.3. The average molecular weight is 430 g/mol. The van der Waals surface area contributed by atoms with Gasteiger partial charge in [-0.1, -0.05) is 23.8 Å². The maximum Gasteiger partial charge on any atom is 0.251 e. The number of hydrogen-bond donors (Lipinski definition) is 2. The van der Waals surface area contributed by atoms with Crippen molar-refractivity contribution in [1.29, 1.82) is 0 Å². The number of thiazole rings is 1. The Morgan fingerprint density at radius 2 is 1.71 bits per heavy atom. The number of amides is 2. The molecule has 0 fully saturated rings. The first-order valence-electron chi connectivity index (χ1n) is 10.1. The largest absolute Gasteiger partial charge is 0.352 e. The van der Waals surface area contributed by atoms with Gasteiger partial charge in [0.15, 0.2) is 0 Å². The number of carbonyl (C=O) groups excluding carboxylic acids is 2. The SMILES string of the molecule is Cc1cccc(C(=O)NCCC(=O)Nc2ccc(-c3nc4ccc(C)cc4s3)cc2)c1. The predicted octanol–water partition coefficient (Wildman–Crippen LogP) is 5.34. The molecule has 0 bridgehead atoms. The standard InChI is InChI=1S/C25H23N3O2S/c1-16-4-3-5-19(14-16)24(30)26-13-12-23(29)27-20-9-7-18(8-10-20)25-28-21-11-6-17(2)15-22(21)31-25/h3-11,14-15H,12-13H2,1-2H3,(H,26,30)(H,27,29). The van der Waals surface area contributed by atoms with E-state index in [9.17, 15) is 9.59 Å². The van der Waals surface area contributed by atoms with Crippen molar-refractivity contribution in [2.24, 2.45) is 0 Å². The van der Waals surface area contributed by atoms with Crippen molar-refractivity contribution in [2.75, 3.05) is 11.9 Å². The van der Waals surface area contributed by atoms with Crippen LogP contribution in [0, 0.1) is 13.8 Å². The van der Waals surface area contributed by atoms with Crippen molar-refractivity contribution < 1.29 is 9.59 Å². The molecule has 2 amide bonds. The van der Waals surface area contributed by atoms with Crippen LogP contribution in [0.4, 0.5) is 5.69 Å². The van der Waals surface area contributed by atoms with Crippen LogP contribution >= 0.6 is 11.3 Å². The van der Waals surface area contributed by atoms with Crippen LogP contribution in [-0.2, 0) is 4.79 Å². The third-order valence-corrected chi connectivity index (χ3v) is 5.94. The number of nitrogens with one attached hydrogen (secondary N) is 2. The Morgan fingerprint density at radius 3 is 2.48 bits per heavy atom. The Kier molecular flexibility index (Phi) is 6.09. The van der Waals surface area contributed by atoms with Crippen LogP contribution in [0.5, 0.6) is 0 Å². The fourth-order valence-electron chi connectivity index (χ4n) is 3.25. The highest BCUT2D eigenvalue weighted by atomic mass is 32.1. The Labute approximate surface area is 185 Å². The maximum absolute atomic E-state index is 12.2. The molecule has 2 N–H and O–H groups in total. The second kappa shape index (κ2) is 9.10. The lowest BCUT2D eigenvalue weighted by Crippen LogP contribution is -2.27. The summed E-state index contributed by atoms with van der Waals surface area (Å²) in [7, 11) is 0. The predicted molar refractivity (Wildman–Crippen MR) is 127 cm³/mol. The van der Waals surface area contributed by atoms with Crippen LogP contribution in [-0.4, -0.2) is 23.3 Å². The third-order valence-electron chi connectivity index (χ3n) is 4.88. The van der Waals surface area contributed by atoms with E-state index in [4.69, 9.17) is 4.98 Å². The fourth-order valence-corrected chi connectivity index (χ4v) is 4.32. The minimum absolute atomic E-state index is 0.146. The zero-order chi connectivity index (χ0) is 21.8. The summed E-state index contributed by atoms with van der Waals surface area (Å²) in [5.41, 5.74) is 5.57. The molecule has 0 aliphatic rings. The molecule has 6 heteroatoms. The molecule has 0 aliphatic heterocycles. The first-order valence-corrected chi connectivity index (χ1v) is 10.9. The summed E-state index contributed by atoms with van der Waals surface area (Å²) in [6.45, 7) is 4.29.